The van der Waals surface area contributed by atoms with Crippen LogP contribution in [0.3, 0.4) is 0 Å². The normalized spacial score (nSPS) is 21.8. The minimum atomic E-state index is 0.0919. The van der Waals surface area contributed by atoms with Gasteiger partial charge in [-0.05, 0) is 6.92 Å². The Balaban J connectivity index is 1.47. The van der Waals surface area contributed by atoms with Crippen LogP contribution in [0.4, 0.5) is 0 Å². The first-order valence-electron chi connectivity index (χ1n) is 8.81. The highest BCUT2D eigenvalue weighted by molar-refractivity contribution is 5.78. The second-order valence-electron chi connectivity index (χ2n) is 6.38. The number of morpholine rings is 1. The first kappa shape index (κ1) is 17.3. The van der Waals surface area contributed by atoms with Crippen molar-refractivity contribution in [3.05, 3.63) is 11.7 Å². The minimum Gasteiger partial charge on any atom is -0.379 e. The number of carbonyl (C=O) groups is 1. The van der Waals surface area contributed by atoms with Gasteiger partial charge >= 0.3 is 0 Å². The maximum Gasteiger partial charge on any atom is 0.243 e. The van der Waals surface area contributed by atoms with Gasteiger partial charge in [-0.1, -0.05) is 12.1 Å². The third-order valence-corrected chi connectivity index (χ3v) is 4.83. The van der Waals surface area contributed by atoms with Gasteiger partial charge in [0, 0.05) is 45.7 Å². The Morgan fingerprint density at radius 1 is 1.17 bits per heavy atom. The van der Waals surface area contributed by atoms with Gasteiger partial charge in [-0.25, -0.2) is 0 Å². The average Bonchev–Trinajstić information content (AvgIpc) is 3.11. The van der Waals surface area contributed by atoms with Gasteiger partial charge in [0.2, 0.25) is 11.8 Å². The molecule has 2 aliphatic rings. The molecule has 0 spiro atoms. The van der Waals surface area contributed by atoms with E-state index in [1.807, 2.05) is 11.8 Å². The van der Waals surface area contributed by atoms with Crippen LogP contribution in [0.15, 0.2) is 4.52 Å². The SMILES string of the molecule is CCc1noc([C@@H](C)N2CCN(C(=O)CN3CCOCC3)CC2)n1. The molecule has 0 aromatic carbocycles. The van der Waals surface area contributed by atoms with Gasteiger partial charge in [-0.2, -0.15) is 4.98 Å². The van der Waals surface area contributed by atoms with Crippen LogP contribution < -0.4 is 0 Å². The molecule has 0 unspecified atom stereocenters. The average molecular weight is 337 g/mol. The molecule has 1 amide bonds. The molecule has 8 nitrogen and oxygen atoms in total. The summed E-state index contributed by atoms with van der Waals surface area (Å²) in [5.74, 6) is 1.63. The van der Waals surface area contributed by atoms with E-state index in [1.165, 1.54) is 0 Å². The van der Waals surface area contributed by atoms with E-state index in [1.54, 1.807) is 0 Å². The smallest absolute Gasteiger partial charge is 0.243 e. The van der Waals surface area contributed by atoms with E-state index in [0.717, 1.165) is 64.7 Å². The van der Waals surface area contributed by atoms with Crippen LogP contribution in [-0.2, 0) is 16.0 Å². The molecule has 0 bridgehead atoms. The number of rotatable bonds is 5. The van der Waals surface area contributed by atoms with Crippen molar-refractivity contribution >= 4 is 5.91 Å². The first-order chi connectivity index (χ1) is 11.7. The van der Waals surface area contributed by atoms with Crippen LogP contribution in [-0.4, -0.2) is 89.8 Å². The van der Waals surface area contributed by atoms with Crippen LogP contribution in [0.2, 0.25) is 0 Å². The number of hydrogen-bond acceptors (Lipinski definition) is 7. The Kier molecular flexibility index (Phi) is 5.80. The van der Waals surface area contributed by atoms with Gasteiger partial charge < -0.3 is 14.2 Å². The molecule has 0 N–H and O–H groups in total. The standard InChI is InChI=1S/C16H27N5O3/c1-3-14-17-16(24-18-14)13(2)20-4-6-21(7-5-20)15(22)12-19-8-10-23-11-9-19/h13H,3-12H2,1-2H3/t13-/m1/s1. The predicted molar refractivity (Wildman–Crippen MR) is 87.5 cm³/mol. The zero-order valence-corrected chi connectivity index (χ0v) is 14.6. The lowest BCUT2D eigenvalue weighted by atomic mass is 10.2. The van der Waals surface area contributed by atoms with E-state index in [9.17, 15) is 4.79 Å². The van der Waals surface area contributed by atoms with Gasteiger partial charge in [0.05, 0.1) is 25.8 Å². The number of aryl methyl sites for hydroxylation is 1. The van der Waals surface area contributed by atoms with Crippen LogP contribution in [0, 0.1) is 0 Å². The number of nitrogens with zero attached hydrogens (tertiary/aromatic N) is 5. The summed E-state index contributed by atoms with van der Waals surface area (Å²) in [4.78, 5) is 23.3. The Bertz CT molecular complexity index is 536. The van der Waals surface area contributed by atoms with Crippen molar-refractivity contribution in [1.82, 2.24) is 24.8 Å². The molecule has 0 radical (unpaired) electrons. The highest BCUT2D eigenvalue weighted by Gasteiger charge is 2.28. The molecule has 0 saturated carbocycles. The molecule has 24 heavy (non-hydrogen) atoms. The van der Waals surface area contributed by atoms with Crippen molar-refractivity contribution in [2.24, 2.45) is 0 Å². The second-order valence-corrected chi connectivity index (χ2v) is 6.38. The van der Waals surface area contributed by atoms with Gasteiger partial charge in [-0.15, -0.1) is 0 Å². The molecule has 1 atom stereocenters. The van der Waals surface area contributed by atoms with Gasteiger partial charge in [-0.3, -0.25) is 14.6 Å². The molecule has 3 heterocycles. The van der Waals surface area contributed by atoms with Gasteiger partial charge in [0.1, 0.15) is 0 Å². The van der Waals surface area contributed by atoms with Crippen molar-refractivity contribution in [3.63, 3.8) is 0 Å². The molecule has 134 valence electrons. The van der Waals surface area contributed by atoms with Crippen LogP contribution in [0.5, 0.6) is 0 Å². The van der Waals surface area contributed by atoms with E-state index in [4.69, 9.17) is 9.26 Å². The maximum absolute atomic E-state index is 12.4. The molecular weight excluding hydrogens is 310 g/mol. The summed E-state index contributed by atoms with van der Waals surface area (Å²) in [5, 5.41) is 3.97. The van der Waals surface area contributed by atoms with E-state index < -0.39 is 0 Å². The summed E-state index contributed by atoms with van der Waals surface area (Å²) in [6, 6.07) is 0.0919. The van der Waals surface area contributed by atoms with Crippen LogP contribution >= 0.6 is 0 Å². The topological polar surface area (TPSA) is 74.9 Å². The molecule has 1 aromatic rings. The highest BCUT2D eigenvalue weighted by Crippen LogP contribution is 2.20. The summed E-state index contributed by atoms with van der Waals surface area (Å²) in [6.07, 6.45) is 0.778. The number of ether oxygens (including phenoxy) is 1. The Morgan fingerprint density at radius 3 is 2.50 bits per heavy atom. The molecule has 8 heteroatoms. The lowest BCUT2D eigenvalue weighted by Gasteiger charge is -2.38. The molecule has 3 rings (SSSR count). The summed E-state index contributed by atoms with van der Waals surface area (Å²) in [7, 11) is 0. The quantitative estimate of drug-likeness (QED) is 0.758. The number of hydrogen-bond donors (Lipinski definition) is 0. The number of amides is 1. The number of carbonyl (C=O) groups excluding carboxylic acids is 1. The zero-order chi connectivity index (χ0) is 16.9. The summed E-state index contributed by atoms with van der Waals surface area (Å²) in [6.45, 7) is 10.9. The molecule has 1 aromatic heterocycles. The van der Waals surface area contributed by atoms with Crippen LogP contribution in [0.25, 0.3) is 0 Å². The lowest BCUT2D eigenvalue weighted by molar-refractivity contribution is -0.135. The van der Waals surface area contributed by atoms with Crippen molar-refractivity contribution in [2.75, 3.05) is 59.0 Å². The van der Waals surface area contributed by atoms with E-state index in [-0.39, 0.29) is 11.9 Å². The second kappa shape index (κ2) is 8.04. The molecule has 0 aliphatic carbocycles. The Morgan fingerprint density at radius 2 is 1.88 bits per heavy atom. The van der Waals surface area contributed by atoms with Gasteiger partial charge in [0.25, 0.3) is 0 Å². The molecule has 2 aliphatic heterocycles. The van der Waals surface area contributed by atoms with E-state index >= 15 is 0 Å². The summed E-state index contributed by atoms with van der Waals surface area (Å²) < 4.78 is 10.7. The third-order valence-electron chi connectivity index (χ3n) is 4.83. The van der Waals surface area contributed by atoms with Crippen molar-refractivity contribution in [3.8, 4) is 0 Å². The highest BCUT2D eigenvalue weighted by atomic mass is 16.5. The predicted octanol–water partition coefficient (Wildman–Crippen LogP) is 0.169. The van der Waals surface area contributed by atoms with E-state index in [0.29, 0.717) is 12.4 Å². The molecular formula is C16H27N5O3. The monoisotopic (exact) mass is 337 g/mol. The van der Waals surface area contributed by atoms with Crippen LogP contribution in [0.1, 0.15) is 31.6 Å². The summed E-state index contributed by atoms with van der Waals surface area (Å²) in [5.41, 5.74) is 0. The third kappa shape index (κ3) is 4.12. The largest absolute Gasteiger partial charge is 0.379 e. The van der Waals surface area contributed by atoms with E-state index in [2.05, 4.69) is 26.9 Å². The Labute approximate surface area is 142 Å². The van der Waals surface area contributed by atoms with Gasteiger partial charge in [0.15, 0.2) is 5.82 Å². The lowest BCUT2D eigenvalue weighted by Crippen LogP contribution is -2.52. The summed E-state index contributed by atoms with van der Waals surface area (Å²) >= 11 is 0. The van der Waals surface area contributed by atoms with Crippen molar-refractivity contribution in [2.45, 2.75) is 26.3 Å². The fraction of sp³-hybridized carbons (Fsp3) is 0.812. The number of piperazine rings is 1. The maximum atomic E-state index is 12.4. The first-order valence-corrected chi connectivity index (χ1v) is 8.81. The number of aromatic nitrogens is 2. The Hall–Kier alpha value is -1.51. The molecule has 2 saturated heterocycles. The fourth-order valence-corrected chi connectivity index (χ4v) is 3.15. The van der Waals surface area contributed by atoms with Crippen molar-refractivity contribution < 1.29 is 14.1 Å². The zero-order valence-electron chi connectivity index (χ0n) is 14.6. The van der Waals surface area contributed by atoms with Crippen molar-refractivity contribution in [1.29, 1.82) is 0 Å². The fourth-order valence-electron chi connectivity index (χ4n) is 3.15. The minimum absolute atomic E-state index is 0.0919. The molecule has 2 fully saturated rings.